The maximum absolute atomic E-state index is 11.0. The number of nitro groups is 2. The summed E-state index contributed by atoms with van der Waals surface area (Å²) in [7, 11) is 0. The normalized spacial score (nSPS) is 10.1. The Kier molecular flexibility index (Phi) is 3.90. The van der Waals surface area contributed by atoms with Crippen molar-refractivity contribution in [3.05, 3.63) is 61.6 Å². The first-order valence-corrected chi connectivity index (χ1v) is 5.92. The van der Waals surface area contributed by atoms with Gasteiger partial charge in [0, 0.05) is 17.2 Å². The fourth-order valence-corrected chi connectivity index (χ4v) is 1.82. The van der Waals surface area contributed by atoms with Gasteiger partial charge in [0.1, 0.15) is 5.69 Å². The smallest absolute Gasteiger partial charge is 0.334 e. The van der Waals surface area contributed by atoms with Crippen LogP contribution in [0.1, 0.15) is 0 Å². The van der Waals surface area contributed by atoms with E-state index in [4.69, 9.17) is 22.1 Å². The maximum Gasteiger partial charge on any atom is 0.334 e. The van der Waals surface area contributed by atoms with Crippen LogP contribution in [0.2, 0.25) is 5.02 Å². The number of halogens is 1. The van der Waals surface area contributed by atoms with E-state index >= 15 is 0 Å². The molecule has 0 atom stereocenters. The van der Waals surface area contributed by atoms with E-state index in [1.165, 1.54) is 30.3 Å². The molecule has 2 aromatic carbocycles. The predicted octanol–water partition coefficient (Wildman–Crippen LogP) is 3.53. The lowest BCUT2D eigenvalue weighted by molar-refractivity contribution is -0.387. The van der Waals surface area contributed by atoms with Crippen molar-refractivity contribution in [1.82, 2.24) is 0 Å². The van der Waals surface area contributed by atoms with Gasteiger partial charge in [-0.05, 0) is 18.2 Å². The summed E-state index contributed by atoms with van der Waals surface area (Å²) >= 11 is 5.76. The van der Waals surface area contributed by atoms with Gasteiger partial charge in [0.2, 0.25) is 11.5 Å². The summed E-state index contributed by atoms with van der Waals surface area (Å²) in [4.78, 5) is 20.5. The molecule has 21 heavy (non-hydrogen) atoms. The number of para-hydroxylation sites is 1. The van der Waals surface area contributed by atoms with Crippen molar-refractivity contribution < 1.29 is 14.6 Å². The fraction of sp³-hybridized carbons (Fsp3) is 0. The zero-order valence-electron chi connectivity index (χ0n) is 10.4. The molecule has 2 rings (SSSR count). The molecule has 0 saturated carbocycles. The molecule has 108 valence electrons. The summed E-state index contributed by atoms with van der Waals surface area (Å²) in [6, 6.07) is 7.73. The van der Waals surface area contributed by atoms with Crippen molar-refractivity contribution in [3.63, 3.8) is 0 Å². The molecule has 2 N–H and O–H groups in total. The lowest BCUT2D eigenvalue weighted by Gasteiger charge is -2.08. The van der Waals surface area contributed by atoms with Crippen LogP contribution in [0.4, 0.5) is 17.1 Å². The minimum atomic E-state index is -0.721. The average Bonchev–Trinajstić information content (AvgIpc) is 2.37. The maximum atomic E-state index is 11.0. The van der Waals surface area contributed by atoms with Crippen LogP contribution in [-0.4, -0.2) is 9.85 Å². The Labute approximate surface area is 123 Å². The van der Waals surface area contributed by atoms with E-state index < -0.39 is 15.5 Å². The number of hydrogen-bond acceptors (Lipinski definition) is 6. The topological polar surface area (TPSA) is 122 Å². The number of ether oxygens (including phenoxy) is 1. The fourth-order valence-electron chi connectivity index (χ4n) is 1.66. The summed E-state index contributed by atoms with van der Waals surface area (Å²) in [6.45, 7) is 0. The molecule has 0 fully saturated rings. The number of hydrogen-bond donors (Lipinski definition) is 1. The van der Waals surface area contributed by atoms with Gasteiger partial charge in [-0.3, -0.25) is 20.2 Å². The van der Waals surface area contributed by atoms with Gasteiger partial charge in [-0.1, -0.05) is 17.7 Å². The van der Waals surface area contributed by atoms with Gasteiger partial charge in [-0.15, -0.1) is 0 Å². The highest BCUT2D eigenvalue weighted by atomic mass is 35.5. The minimum Gasteiger partial charge on any atom is -0.443 e. The number of nitrogens with zero attached hydrogens (tertiary/aromatic N) is 2. The Morgan fingerprint density at radius 1 is 1.05 bits per heavy atom. The van der Waals surface area contributed by atoms with Crippen LogP contribution >= 0.6 is 11.6 Å². The van der Waals surface area contributed by atoms with Crippen molar-refractivity contribution in [2.75, 3.05) is 5.73 Å². The zero-order chi connectivity index (χ0) is 15.6. The third-order valence-electron chi connectivity index (χ3n) is 2.55. The second-order valence-electron chi connectivity index (χ2n) is 3.92. The third-order valence-corrected chi connectivity index (χ3v) is 2.79. The minimum absolute atomic E-state index is 0.109. The molecule has 0 aliphatic carbocycles. The van der Waals surface area contributed by atoms with Crippen LogP contribution in [0, 0.1) is 20.2 Å². The number of nitrogens with two attached hydrogens (primary N) is 1. The monoisotopic (exact) mass is 309 g/mol. The zero-order valence-corrected chi connectivity index (χ0v) is 11.1. The van der Waals surface area contributed by atoms with E-state index in [1.54, 1.807) is 0 Å². The molecule has 0 unspecified atom stereocenters. The van der Waals surface area contributed by atoms with E-state index in [-0.39, 0.29) is 27.9 Å². The molecule has 0 bridgehead atoms. The molecule has 0 amide bonds. The highest BCUT2D eigenvalue weighted by Crippen LogP contribution is 2.39. The van der Waals surface area contributed by atoms with Gasteiger partial charge in [0.25, 0.3) is 0 Å². The molecule has 0 aliphatic rings. The van der Waals surface area contributed by atoms with Crippen LogP contribution < -0.4 is 10.5 Å². The Bertz CT molecular complexity index is 735. The summed E-state index contributed by atoms with van der Waals surface area (Å²) in [5.41, 5.74) is 4.58. The quantitative estimate of drug-likeness (QED) is 0.523. The SMILES string of the molecule is Nc1cccc(Oc2cc(Cl)ccc2[N+](=O)[O-])c1[N+](=O)[O-]. The third kappa shape index (κ3) is 3.00. The van der Waals surface area contributed by atoms with Crippen molar-refractivity contribution in [1.29, 1.82) is 0 Å². The number of benzene rings is 2. The van der Waals surface area contributed by atoms with Gasteiger partial charge in [0.05, 0.1) is 9.85 Å². The molecule has 9 heteroatoms. The summed E-state index contributed by atoms with van der Waals surface area (Å²) < 4.78 is 5.28. The van der Waals surface area contributed by atoms with E-state index in [1.807, 2.05) is 0 Å². The highest BCUT2D eigenvalue weighted by molar-refractivity contribution is 6.30. The average molecular weight is 310 g/mol. The molecular formula is C12H8ClN3O5. The molecule has 2 aromatic rings. The number of nitro benzene ring substituents is 2. The van der Waals surface area contributed by atoms with Gasteiger partial charge < -0.3 is 10.5 Å². The molecule has 0 aliphatic heterocycles. The van der Waals surface area contributed by atoms with Gasteiger partial charge in [-0.25, -0.2) is 0 Å². The summed E-state index contributed by atoms with van der Waals surface area (Å²) in [5, 5.41) is 22.1. The van der Waals surface area contributed by atoms with Crippen LogP contribution in [0.5, 0.6) is 11.5 Å². The lowest BCUT2D eigenvalue weighted by atomic mass is 10.2. The van der Waals surface area contributed by atoms with E-state index in [2.05, 4.69) is 0 Å². The van der Waals surface area contributed by atoms with E-state index in [9.17, 15) is 20.2 Å². The van der Waals surface area contributed by atoms with Gasteiger partial charge >= 0.3 is 11.4 Å². The predicted molar refractivity (Wildman–Crippen MR) is 75.7 cm³/mol. The first-order valence-electron chi connectivity index (χ1n) is 5.55. The van der Waals surface area contributed by atoms with Crippen molar-refractivity contribution in [2.24, 2.45) is 0 Å². The Morgan fingerprint density at radius 3 is 2.38 bits per heavy atom. The molecule has 0 aromatic heterocycles. The summed E-state index contributed by atoms with van der Waals surface area (Å²) in [6.07, 6.45) is 0. The standard InChI is InChI=1S/C12H8ClN3O5/c13-7-4-5-9(15(17)18)11(6-7)21-10-3-1-2-8(14)12(10)16(19)20/h1-6H,14H2. The van der Waals surface area contributed by atoms with Crippen LogP contribution in [-0.2, 0) is 0 Å². The van der Waals surface area contributed by atoms with Crippen molar-refractivity contribution in [2.45, 2.75) is 0 Å². The first-order chi connectivity index (χ1) is 9.90. The van der Waals surface area contributed by atoms with Crippen LogP contribution in [0.3, 0.4) is 0 Å². The Hall–Kier alpha value is -2.87. The molecule has 0 saturated heterocycles. The van der Waals surface area contributed by atoms with Crippen molar-refractivity contribution in [3.8, 4) is 11.5 Å². The van der Waals surface area contributed by atoms with Crippen LogP contribution in [0.25, 0.3) is 0 Å². The molecule has 0 heterocycles. The Morgan fingerprint density at radius 2 is 1.76 bits per heavy atom. The second kappa shape index (κ2) is 5.63. The second-order valence-corrected chi connectivity index (χ2v) is 4.36. The molecule has 8 nitrogen and oxygen atoms in total. The number of nitrogen functional groups attached to an aromatic ring is 1. The Balaban J connectivity index is 2.53. The summed E-state index contributed by atoms with van der Waals surface area (Å²) in [5.74, 6) is -0.411. The molecular weight excluding hydrogens is 302 g/mol. The van der Waals surface area contributed by atoms with E-state index in [0.717, 1.165) is 6.07 Å². The van der Waals surface area contributed by atoms with E-state index in [0.29, 0.717) is 0 Å². The van der Waals surface area contributed by atoms with Gasteiger partial charge in [-0.2, -0.15) is 0 Å². The largest absolute Gasteiger partial charge is 0.443 e. The molecule has 0 radical (unpaired) electrons. The number of anilines is 1. The first kappa shape index (κ1) is 14.5. The number of rotatable bonds is 4. The van der Waals surface area contributed by atoms with Gasteiger partial charge in [0.15, 0.2) is 0 Å². The lowest BCUT2D eigenvalue weighted by Crippen LogP contribution is -1.99. The highest BCUT2D eigenvalue weighted by Gasteiger charge is 2.23. The molecule has 0 spiro atoms. The van der Waals surface area contributed by atoms with Crippen LogP contribution in [0.15, 0.2) is 36.4 Å². The van der Waals surface area contributed by atoms with Crippen molar-refractivity contribution >= 4 is 28.7 Å².